The normalized spacial score (nSPS) is 8.56. The van der Waals surface area contributed by atoms with Crippen LogP contribution in [0.5, 0.6) is 0 Å². The molecule has 52 valence electrons. The van der Waals surface area contributed by atoms with Gasteiger partial charge >= 0.3 is 0 Å². The molecule has 0 N–H and O–H groups in total. The standard InChI is InChI=1S/C5H8O3S/c1-2-5(6)3-4-9(7)8/h4H,2-3H2,1H3. The van der Waals surface area contributed by atoms with Gasteiger partial charge in [-0.05, 0) is 0 Å². The summed E-state index contributed by atoms with van der Waals surface area (Å²) >= 11 is 0. The van der Waals surface area contributed by atoms with Crippen LogP contribution in [0.3, 0.4) is 0 Å². The first-order chi connectivity index (χ1) is 4.16. The van der Waals surface area contributed by atoms with E-state index in [0.29, 0.717) is 6.42 Å². The molecule has 0 bridgehead atoms. The summed E-state index contributed by atoms with van der Waals surface area (Å²) in [5, 5.41) is 0.964. The van der Waals surface area contributed by atoms with Crippen LogP contribution in [0.4, 0.5) is 0 Å². The summed E-state index contributed by atoms with van der Waals surface area (Å²) in [6.07, 6.45) is 0.431. The third kappa shape index (κ3) is 5.23. The first-order valence-corrected chi connectivity index (χ1v) is 3.73. The third-order valence-electron chi connectivity index (χ3n) is 0.841. The van der Waals surface area contributed by atoms with Crippen LogP contribution in [0.25, 0.3) is 0 Å². The summed E-state index contributed by atoms with van der Waals surface area (Å²) < 4.78 is 19.6. The number of hydrogen-bond donors (Lipinski definition) is 0. The van der Waals surface area contributed by atoms with E-state index in [0.717, 1.165) is 5.37 Å². The Kier molecular flexibility index (Phi) is 3.96. The Labute approximate surface area is 55.2 Å². The van der Waals surface area contributed by atoms with Crippen molar-refractivity contribution in [1.82, 2.24) is 0 Å². The predicted molar refractivity (Wildman–Crippen MR) is 34.9 cm³/mol. The molecule has 0 radical (unpaired) electrons. The van der Waals surface area contributed by atoms with E-state index in [1.165, 1.54) is 0 Å². The number of ketones is 1. The molecule has 4 heteroatoms. The second kappa shape index (κ2) is 4.26. The average Bonchev–Trinajstić information content (AvgIpc) is 1.83. The van der Waals surface area contributed by atoms with Gasteiger partial charge in [-0.2, -0.15) is 8.42 Å². The van der Waals surface area contributed by atoms with Crippen LogP contribution in [0.1, 0.15) is 19.8 Å². The minimum Gasteiger partial charge on any atom is -0.299 e. The van der Waals surface area contributed by atoms with E-state index in [1.807, 2.05) is 0 Å². The minimum atomic E-state index is -2.18. The molecule has 0 heterocycles. The van der Waals surface area contributed by atoms with E-state index in [1.54, 1.807) is 6.92 Å². The smallest absolute Gasteiger partial charge is 0.210 e. The first-order valence-electron chi connectivity index (χ1n) is 2.60. The van der Waals surface area contributed by atoms with Crippen LogP contribution < -0.4 is 0 Å². The molecule has 0 fully saturated rings. The molecule has 0 aliphatic carbocycles. The molecule has 0 aromatic carbocycles. The molecule has 0 aromatic heterocycles. The van der Waals surface area contributed by atoms with E-state index < -0.39 is 10.3 Å². The Hall–Kier alpha value is -0.640. The van der Waals surface area contributed by atoms with Crippen LogP contribution in [0, 0.1) is 0 Å². The maximum absolute atomic E-state index is 10.4. The van der Waals surface area contributed by atoms with Gasteiger partial charge in [0.05, 0.1) is 0 Å². The molecule has 0 aliphatic heterocycles. The SMILES string of the molecule is CCC(=O)CC=S(=O)=O. The predicted octanol–water partition coefficient (Wildman–Crippen LogP) is 0.0369. The lowest BCUT2D eigenvalue weighted by atomic mass is 10.2. The van der Waals surface area contributed by atoms with Crippen molar-refractivity contribution in [2.75, 3.05) is 0 Å². The fourth-order valence-corrected chi connectivity index (χ4v) is 0.627. The highest BCUT2D eigenvalue weighted by molar-refractivity contribution is 7.71. The van der Waals surface area contributed by atoms with Crippen LogP contribution in [0.15, 0.2) is 0 Å². The molecule has 0 rings (SSSR count). The zero-order valence-electron chi connectivity index (χ0n) is 5.12. The highest BCUT2D eigenvalue weighted by Gasteiger charge is 1.92. The Morgan fingerprint density at radius 3 is 2.44 bits per heavy atom. The molecule has 0 aromatic rings. The van der Waals surface area contributed by atoms with Gasteiger partial charge in [0.2, 0.25) is 10.3 Å². The van der Waals surface area contributed by atoms with Crippen molar-refractivity contribution in [3.8, 4) is 0 Å². The van der Waals surface area contributed by atoms with Crippen molar-refractivity contribution in [2.45, 2.75) is 19.8 Å². The number of carbonyl (C=O) groups excluding carboxylic acids is 1. The van der Waals surface area contributed by atoms with Crippen LogP contribution in [-0.4, -0.2) is 19.6 Å². The molecule has 0 amide bonds. The second-order valence-electron chi connectivity index (χ2n) is 1.52. The maximum atomic E-state index is 10.4. The number of hydrogen-bond acceptors (Lipinski definition) is 3. The highest BCUT2D eigenvalue weighted by atomic mass is 32.2. The average molecular weight is 148 g/mol. The van der Waals surface area contributed by atoms with E-state index in [-0.39, 0.29) is 12.2 Å². The first kappa shape index (κ1) is 8.36. The Morgan fingerprint density at radius 1 is 1.56 bits per heavy atom. The molecule has 0 atom stereocenters. The molecule has 3 nitrogen and oxygen atoms in total. The molecule has 0 unspecified atom stereocenters. The summed E-state index contributed by atoms with van der Waals surface area (Å²) in [7, 11) is -2.18. The van der Waals surface area contributed by atoms with E-state index >= 15 is 0 Å². The van der Waals surface area contributed by atoms with Gasteiger partial charge in [-0.25, -0.2) is 0 Å². The van der Waals surface area contributed by atoms with E-state index in [2.05, 4.69) is 0 Å². The van der Waals surface area contributed by atoms with Crippen molar-refractivity contribution in [2.24, 2.45) is 0 Å². The molecule has 0 spiro atoms. The van der Waals surface area contributed by atoms with Gasteiger partial charge < -0.3 is 0 Å². The van der Waals surface area contributed by atoms with Crippen molar-refractivity contribution < 1.29 is 13.2 Å². The Morgan fingerprint density at radius 2 is 2.11 bits per heavy atom. The van der Waals surface area contributed by atoms with Crippen molar-refractivity contribution in [3.63, 3.8) is 0 Å². The van der Waals surface area contributed by atoms with Gasteiger partial charge in [0.1, 0.15) is 5.78 Å². The fraction of sp³-hybridized carbons (Fsp3) is 0.600. The molecule has 0 saturated heterocycles. The van der Waals surface area contributed by atoms with E-state index in [9.17, 15) is 13.2 Å². The number of Topliss-reactive ketones (excluding diaryl/α,β-unsaturated/α-hetero) is 1. The van der Waals surface area contributed by atoms with Crippen LogP contribution in [-0.2, 0) is 15.1 Å². The molecule has 0 saturated carbocycles. The fourth-order valence-electron chi connectivity index (χ4n) is 0.305. The van der Waals surface area contributed by atoms with Crippen LogP contribution in [0.2, 0.25) is 0 Å². The van der Waals surface area contributed by atoms with Gasteiger partial charge in [-0.3, -0.25) is 4.79 Å². The van der Waals surface area contributed by atoms with Crippen molar-refractivity contribution >= 4 is 21.4 Å². The maximum Gasteiger partial charge on any atom is 0.210 e. The quantitative estimate of drug-likeness (QED) is 0.531. The third-order valence-corrected chi connectivity index (χ3v) is 1.28. The number of rotatable bonds is 3. The monoisotopic (exact) mass is 148 g/mol. The van der Waals surface area contributed by atoms with Gasteiger partial charge in [-0.15, -0.1) is 0 Å². The summed E-state index contributed by atoms with van der Waals surface area (Å²) in [6.45, 7) is 1.70. The topological polar surface area (TPSA) is 51.2 Å². The van der Waals surface area contributed by atoms with Crippen molar-refractivity contribution in [1.29, 1.82) is 0 Å². The van der Waals surface area contributed by atoms with Gasteiger partial charge in [0.25, 0.3) is 0 Å². The lowest BCUT2D eigenvalue weighted by molar-refractivity contribution is -0.117. The minimum absolute atomic E-state index is 0.0343. The number of carbonyl (C=O) groups is 1. The summed E-state index contributed by atoms with van der Waals surface area (Å²) in [5.74, 6) is -0.0563. The van der Waals surface area contributed by atoms with Crippen molar-refractivity contribution in [3.05, 3.63) is 0 Å². The van der Waals surface area contributed by atoms with Gasteiger partial charge in [-0.1, -0.05) is 6.92 Å². The molecular formula is C5H8O3S. The highest BCUT2D eigenvalue weighted by Crippen LogP contribution is 1.82. The second-order valence-corrected chi connectivity index (χ2v) is 2.38. The molecular weight excluding hydrogens is 140 g/mol. The summed E-state index contributed by atoms with van der Waals surface area (Å²) in [5.41, 5.74) is 0. The summed E-state index contributed by atoms with van der Waals surface area (Å²) in [6, 6.07) is 0. The zero-order valence-corrected chi connectivity index (χ0v) is 5.94. The lowest BCUT2D eigenvalue weighted by Gasteiger charge is -1.82. The largest absolute Gasteiger partial charge is 0.299 e. The Bertz CT molecular complexity index is 204. The van der Waals surface area contributed by atoms with E-state index in [4.69, 9.17) is 0 Å². The van der Waals surface area contributed by atoms with Crippen LogP contribution >= 0.6 is 0 Å². The lowest BCUT2D eigenvalue weighted by Crippen LogP contribution is -1.94. The zero-order chi connectivity index (χ0) is 7.28. The van der Waals surface area contributed by atoms with Gasteiger partial charge in [0, 0.05) is 18.2 Å². The summed E-state index contributed by atoms with van der Waals surface area (Å²) in [4.78, 5) is 10.4. The molecule has 9 heavy (non-hydrogen) atoms. The Balaban J connectivity index is 3.78. The van der Waals surface area contributed by atoms with Gasteiger partial charge in [0.15, 0.2) is 0 Å². The molecule has 0 aliphatic rings.